The van der Waals surface area contributed by atoms with Gasteiger partial charge in [-0.1, -0.05) is 25.7 Å². The van der Waals surface area contributed by atoms with Crippen LogP contribution >= 0.6 is 0 Å². The standard InChI is InChI=1S/C13H18F2N2/c14-11-7-10(16)8-12(15)13(11)17-6-5-9-3-1-2-4-9/h7-9,17H,1-6,16H2. The number of benzene rings is 1. The molecule has 0 heterocycles. The van der Waals surface area contributed by atoms with Crippen molar-refractivity contribution < 1.29 is 8.78 Å². The van der Waals surface area contributed by atoms with Gasteiger partial charge < -0.3 is 11.1 Å². The molecule has 0 saturated heterocycles. The molecule has 1 fully saturated rings. The van der Waals surface area contributed by atoms with Gasteiger partial charge in [-0.2, -0.15) is 0 Å². The minimum atomic E-state index is -0.617. The molecule has 0 radical (unpaired) electrons. The molecule has 0 unspecified atom stereocenters. The van der Waals surface area contributed by atoms with Crippen LogP contribution in [0.2, 0.25) is 0 Å². The van der Waals surface area contributed by atoms with E-state index in [2.05, 4.69) is 5.32 Å². The molecule has 2 nitrogen and oxygen atoms in total. The number of halogens is 2. The van der Waals surface area contributed by atoms with E-state index in [0.29, 0.717) is 12.5 Å². The molecule has 0 aliphatic heterocycles. The third-order valence-corrected chi connectivity index (χ3v) is 3.39. The van der Waals surface area contributed by atoms with Crippen LogP contribution in [-0.4, -0.2) is 6.54 Å². The highest BCUT2D eigenvalue weighted by Crippen LogP contribution is 2.28. The SMILES string of the molecule is Nc1cc(F)c(NCCC2CCCC2)c(F)c1. The Morgan fingerprint density at radius 1 is 1.18 bits per heavy atom. The summed E-state index contributed by atoms with van der Waals surface area (Å²) in [5.41, 5.74) is 5.40. The first-order valence-corrected chi connectivity index (χ1v) is 6.15. The molecule has 0 spiro atoms. The summed E-state index contributed by atoms with van der Waals surface area (Å²) in [5, 5.41) is 2.83. The van der Waals surface area contributed by atoms with E-state index >= 15 is 0 Å². The molecule has 1 aliphatic rings. The Kier molecular flexibility index (Phi) is 3.82. The van der Waals surface area contributed by atoms with Gasteiger partial charge in [-0.3, -0.25) is 0 Å². The van der Waals surface area contributed by atoms with Gasteiger partial charge in [-0.15, -0.1) is 0 Å². The lowest BCUT2D eigenvalue weighted by Crippen LogP contribution is -2.09. The highest BCUT2D eigenvalue weighted by molar-refractivity contribution is 5.53. The summed E-state index contributed by atoms with van der Waals surface area (Å²) in [7, 11) is 0. The molecule has 4 heteroatoms. The van der Waals surface area contributed by atoms with Crippen LogP contribution < -0.4 is 11.1 Å². The highest BCUT2D eigenvalue weighted by atomic mass is 19.1. The van der Waals surface area contributed by atoms with Crippen LogP contribution in [0.1, 0.15) is 32.1 Å². The summed E-state index contributed by atoms with van der Waals surface area (Å²) < 4.78 is 26.9. The largest absolute Gasteiger partial charge is 0.399 e. The van der Waals surface area contributed by atoms with Crippen LogP contribution in [0.4, 0.5) is 20.2 Å². The number of nitrogen functional groups attached to an aromatic ring is 1. The number of nitrogens with two attached hydrogens (primary N) is 1. The molecular weight excluding hydrogens is 222 g/mol. The molecule has 0 amide bonds. The first-order chi connectivity index (χ1) is 8.16. The van der Waals surface area contributed by atoms with Gasteiger partial charge in [-0.05, 0) is 24.5 Å². The fourth-order valence-corrected chi connectivity index (χ4v) is 2.46. The highest BCUT2D eigenvalue weighted by Gasteiger charge is 2.15. The lowest BCUT2D eigenvalue weighted by atomic mass is 10.0. The van der Waals surface area contributed by atoms with Gasteiger partial charge in [0.1, 0.15) is 5.69 Å². The minimum Gasteiger partial charge on any atom is -0.399 e. The summed E-state index contributed by atoms with van der Waals surface area (Å²) in [6.45, 7) is 0.614. The lowest BCUT2D eigenvalue weighted by molar-refractivity contribution is 0.515. The fourth-order valence-electron chi connectivity index (χ4n) is 2.46. The molecule has 1 aromatic rings. The van der Waals surface area contributed by atoms with Gasteiger partial charge in [0, 0.05) is 12.2 Å². The predicted molar refractivity (Wildman–Crippen MR) is 65.8 cm³/mol. The van der Waals surface area contributed by atoms with Gasteiger partial charge in [0.25, 0.3) is 0 Å². The Balaban J connectivity index is 1.89. The van der Waals surface area contributed by atoms with Gasteiger partial charge in [0.05, 0.1) is 0 Å². The normalized spacial score (nSPS) is 16.4. The summed E-state index contributed by atoms with van der Waals surface area (Å²) in [6, 6.07) is 2.28. The van der Waals surface area contributed by atoms with Crippen molar-refractivity contribution >= 4 is 11.4 Å². The average Bonchev–Trinajstić information content (AvgIpc) is 2.74. The maximum Gasteiger partial charge on any atom is 0.151 e. The zero-order valence-electron chi connectivity index (χ0n) is 9.81. The topological polar surface area (TPSA) is 38.0 Å². The Hall–Kier alpha value is -1.32. The molecule has 0 bridgehead atoms. The molecule has 1 aliphatic carbocycles. The van der Waals surface area contributed by atoms with E-state index in [9.17, 15) is 8.78 Å². The molecule has 0 aromatic heterocycles. The maximum atomic E-state index is 13.4. The smallest absolute Gasteiger partial charge is 0.151 e. The van der Waals surface area contributed by atoms with Crippen LogP contribution in [0.3, 0.4) is 0 Å². The van der Waals surface area contributed by atoms with Crippen LogP contribution in [0.25, 0.3) is 0 Å². The van der Waals surface area contributed by atoms with Crippen molar-refractivity contribution in [1.82, 2.24) is 0 Å². The first-order valence-electron chi connectivity index (χ1n) is 6.15. The van der Waals surface area contributed by atoms with E-state index in [1.165, 1.54) is 25.7 Å². The van der Waals surface area contributed by atoms with Crippen molar-refractivity contribution in [2.75, 3.05) is 17.6 Å². The molecule has 3 N–H and O–H groups in total. The minimum absolute atomic E-state index is 0.0582. The Bertz CT molecular complexity index is 364. The zero-order chi connectivity index (χ0) is 12.3. The molecule has 1 saturated carbocycles. The number of rotatable bonds is 4. The second kappa shape index (κ2) is 5.34. The molecule has 2 rings (SSSR count). The molecule has 1 aromatic carbocycles. The maximum absolute atomic E-state index is 13.4. The van der Waals surface area contributed by atoms with Crippen molar-refractivity contribution in [3.63, 3.8) is 0 Å². The second-order valence-corrected chi connectivity index (χ2v) is 4.73. The van der Waals surface area contributed by atoms with Crippen molar-refractivity contribution in [2.24, 2.45) is 5.92 Å². The van der Waals surface area contributed by atoms with Gasteiger partial charge in [0.2, 0.25) is 0 Å². The summed E-state index contributed by atoms with van der Waals surface area (Å²) in [6.07, 6.45) is 6.04. The Labute approximate surface area is 100 Å². The van der Waals surface area contributed by atoms with Crippen molar-refractivity contribution in [3.8, 4) is 0 Å². The summed E-state index contributed by atoms with van der Waals surface area (Å²) in [5.74, 6) is -0.523. The average molecular weight is 240 g/mol. The molecule has 94 valence electrons. The van der Waals surface area contributed by atoms with E-state index in [1.54, 1.807) is 0 Å². The van der Waals surface area contributed by atoms with Gasteiger partial charge in [0.15, 0.2) is 11.6 Å². The molecule has 0 atom stereocenters. The van der Waals surface area contributed by atoms with E-state index in [4.69, 9.17) is 5.73 Å². The fraction of sp³-hybridized carbons (Fsp3) is 0.538. The number of hydrogen-bond donors (Lipinski definition) is 2. The Morgan fingerprint density at radius 3 is 2.35 bits per heavy atom. The number of nitrogens with one attached hydrogen (secondary N) is 1. The van der Waals surface area contributed by atoms with Crippen LogP contribution in [0.15, 0.2) is 12.1 Å². The molecular formula is C13H18F2N2. The summed E-state index contributed by atoms with van der Waals surface area (Å²) >= 11 is 0. The molecule has 17 heavy (non-hydrogen) atoms. The third-order valence-electron chi connectivity index (χ3n) is 3.39. The van der Waals surface area contributed by atoms with E-state index in [0.717, 1.165) is 18.6 Å². The zero-order valence-corrected chi connectivity index (χ0v) is 9.81. The van der Waals surface area contributed by atoms with Crippen molar-refractivity contribution in [1.29, 1.82) is 0 Å². The first kappa shape index (κ1) is 12.1. The Morgan fingerprint density at radius 2 is 1.76 bits per heavy atom. The van der Waals surface area contributed by atoms with Crippen LogP contribution in [-0.2, 0) is 0 Å². The lowest BCUT2D eigenvalue weighted by Gasteiger charge is -2.12. The van der Waals surface area contributed by atoms with Crippen molar-refractivity contribution in [2.45, 2.75) is 32.1 Å². The third kappa shape index (κ3) is 3.08. The summed E-state index contributed by atoms with van der Waals surface area (Å²) in [4.78, 5) is 0. The quantitative estimate of drug-likeness (QED) is 0.790. The predicted octanol–water partition coefficient (Wildman–Crippen LogP) is 3.54. The van der Waals surface area contributed by atoms with E-state index < -0.39 is 11.6 Å². The van der Waals surface area contributed by atoms with Gasteiger partial charge >= 0.3 is 0 Å². The second-order valence-electron chi connectivity index (χ2n) is 4.73. The van der Waals surface area contributed by atoms with Crippen molar-refractivity contribution in [3.05, 3.63) is 23.8 Å². The van der Waals surface area contributed by atoms with E-state index in [1.807, 2.05) is 0 Å². The monoisotopic (exact) mass is 240 g/mol. The van der Waals surface area contributed by atoms with E-state index in [-0.39, 0.29) is 11.4 Å². The number of anilines is 2. The van der Waals surface area contributed by atoms with Gasteiger partial charge in [-0.25, -0.2) is 8.78 Å². The van der Waals surface area contributed by atoms with Crippen LogP contribution in [0, 0.1) is 17.6 Å². The number of hydrogen-bond acceptors (Lipinski definition) is 2. The van der Waals surface area contributed by atoms with Crippen LogP contribution in [0.5, 0.6) is 0 Å².